The number of sulfonamides is 2. The smallest absolute Gasteiger partial charge is 0.243 e. The SMILES string of the molecule is CN(C)S(=O)(=O)CCNS(=O)(=O)c1ccc(N)cc1F. The molecule has 1 aromatic carbocycles. The fourth-order valence-corrected chi connectivity index (χ4v) is 3.24. The summed E-state index contributed by atoms with van der Waals surface area (Å²) in [6.45, 7) is -0.355. The quantitative estimate of drug-likeness (QED) is 0.690. The zero-order valence-corrected chi connectivity index (χ0v) is 12.6. The Bertz CT molecular complexity index is 686. The summed E-state index contributed by atoms with van der Waals surface area (Å²) in [6, 6.07) is 3.15. The molecule has 20 heavy (non-hydrogen) atoms. The number of nitrogens with one attached hydrogen (secondary N) is 1. The van der Waals surface area contributed by atoms with Crippen LogP contribution in [0, 0.1) is 5.82 Å². The highest BCUT2D eigenvalue weighted by Gasteiger charge is 2.20. The predicted molar refractivity (Wildman–Crippen MR) is 73.5 cm³/mol. The minimum atomic E-state index is -4.12. The molecular weight excluding hydrogens is 309 g/mol. The van der Waals surface area contributed by atoms with E-state index >= 15 is 0 Å². The summed E-state index contributed by atoms with van der Waals surface area (Å²) in [7, 11) is -4.97. The molecule has 0 saturated heterocycles. The lowest BCUT2D eigenvalue weighted by Gasteiger charge is -2.12. The summed E-state index contributed by atoms with van der Waals surface area (Å²) >= 11 is 0. The number of nitrogens with two attached hydrogens (primary N) is 1. The van der Waals surface area contributed by atoms with Crippen molar-refractivity contribution in [2.24, 2.45) is 0 Å². The average molecular weight is 325 g/mol. The molecule has 0 bridgehead atoms. The van der Waals surface area contributed by atoms with Gasteiger partial charge >= 0.3 is 0 Å². The molecule has 0 aliphatic carbocycles. The fraction of sp³-hybridized carbons (Fsp3) is 0.400. The fourth-order valence-electron chi connectivity index (χ4n) is 1.30. The van der Waals surface area contributed by atoms with E-state index in [1.165, 1.54) is 20.2 Å². The number of benzene rings is 1. The lowest BCUT2D eigenvalue weighted by molar-refractivity contribution is 0.519. The number of halogens is 1. The van der Waals surface area contributed by atoms with E-state index in [1.807, 2.05) is 4.72 Å². The maximum atomic E-state index is 13.5. The standard InChI is InChI=1S/C10H16FN3O4S2/c1-14(2)19(15,16)6-5-13-20(17,18)10-4-3-8(12)7-9(10)11/h3-4,7,13H,5-6,12H2,1-2H3. The van der Waals surface area contributed by atoms with Crippen LogP contribution in [-0.4, -0.2) is 47.5 Å². The maximum absolute atomic E-state index is 13.5. The highest BCUT2D eigenvalue weighted by molar-refractivity contribution is 7.90. The van der Waals surface area contributed by atoms with Gasteiger partial charge in [0.15, 0.2) is 0 Å². The van der Waals surface area contributed by atoms with E-state index in [0.717, 1.165) is 16.4 Å². The zero-order valence-electron chi connectivity index (χ0n) is 11.0. The van der Waals surface area contributed by atoms with Crippen molar-refractivity contribution in [1.82, 2.24) is 9.03 Å². The molecule has 0 aromatic heterocycles. The van der Waals surface area contributed by atoms with Gasteiger partial charge in [0.1, 0.15) is 10.7 Å². The van der Waals surface area contributed by atoms with Crippen LogP contribution in [0.25, 0.3) is 0 Å². The summed E-state index contributed by atoms with van der Waals surface area (Å²) in [5, 5.41) is 0. The molecule has 0 radical (unpaired) electrons. The second-order valence-corrected chi connectivity index (χ2v) is 8.22. The van der Waals surface area contributed by atoms with Crippen LogP contribution >= 0.6 is 0 Å². The molecule has 0 amide bonds. The third kappa shape index (κ3) is 4.13. The molecule has 0 spiro atoms. The first-order valence-electron chi connectivity index (χ1n) is 5.51. The zero-order chi connectivity index (χ0) is 15.6. The molecule has 1 rings (SSSR count). The van der Waals surface area contributed by atoms with E-state index in [1.54, 1.807) is 0 Å². The van der Waals surface area contributed by atoms with Gasteiger partial charge < -0.3 is 5.73 Å². The van der Waals surface area contributed by atoms with Gasteiger partial charge in [-0.3, -0.25) is 0 Å². The Kier molecular flexibility index (Phi) is 5.08. The van der Waals surface area contributed by atoms with Gasteiger partial charge in [0, 0.05) is 26.3 Å². The lowest BCUT2D eigenvalue weighted by Crippen LogP contribution is -2.34. The van der Waals surface area contributed by atoms with E-state index in [2.05, 4.69) is 0 Å². The van der Waals surface area contributed by atoms with Crippen molar-refractivity contribution >= 4 is 25.7 Å². The van der Waals surface area contributed by atoms with Crippen LogP contribution < -0.4 is 10.5 Å². The van der Waals surface area contributed by atoms with E-state index in [4.69, 9.17) is 5.73 Å². The van der Waals surface area contributed by atoms with Gasteiger partial charge in [-0.1, -0.05) is 0 Å². The maximum Gasteiger partial charge on any atom is 0.243 e. The molecule has 0 fully saturated rings. The molecule has 0 atom stereocenters. The Hall–Kier alpha value is -1.23. The molecule has 0 unspecified atom stereocenters. The first kappa shape index (κ1) is 16.8. The van der Waals surface area contributed by atoms with Gasteiger partial charge in [-0.25, -0.2) is 30.3 Å². The molecule has 114 valence electrons. The summed E-state index contributed by atoms with van der Waals surface area (Å²) < 4.78 is 63.1. The number of hydrogen-bond donors (Lipinski definition) is 2. The largest absolute Gasteiger partial charge is 0.399 e. The summed E-state index contributed by atoms with van der Waals surface area (Å²) in [5.41, 5.74) is 5.42. The third-order valence-corrected chi connectivity index (χ3v) is 5.78. The van der Waals surface area contributed by atoms with E-state index in [-0.39, 0.29) is 12.2 Å². The van der Waals surface area contributed by atoms with Crippen molar-refractivity contribution in [3.63, 3.8) is 0 Å². The van der Waals surface area contributed by atoms with Crippen LogP contribution in [-0.2, 0) is 20.0 Å². The normalized spacial score (nSPS) is 12.8. The number of nitrogen functional groups attached to an aromatic ring is 1. The minimum absolute atomic E-state index is 0.0941. The highest BCUT2D eigenvalue weighted by Crippen LogP contribution is 2.16. The van der Waals surface area contributed by atoms with Gasteiger partial charge in [-0.15, -0.1) is 0 Å². The monoisotopic (exact) mass is 325 g/mol. The van der Waals surface area contributed by atoms with Crippen molar-refractivity contribution in [2.45, 2.75) is 4.90 Å². The second-order valence-electron chi connectivity index (χ2n) is 4.19. The Balaban J connectivity index is 2.82. The van der Waals surface area contributed by atoms with Gasteiger partial charge in [0.25, 0.3) is 0 Å². The summed E-state index contributed by atoms with van der Waals surface area (Å²) in [4.78, 5) is -0.575. The number of anilines is 1. The molecular formula is C10H16FN3O4S2. The van der Waals surface area contributed by atoms with Crippen LogP contribution in [0.4, 0.5) is 10.1 Å². The Morgan fingerprint density at radius 2 is 1.85 bits per heavy atom. The van der Waals surface area contributed by atoms with Crippen LogP contribution in [0.2, 0.25) is 0 Å². The van der Waals surface area contributed by atoms with E-state index < -0.39 is 36.5 Å². The van der Waals surface area contributed by atoms with Gasteiger partial charge in [0.05, 0.1) is 5.75 Å². The molecule has 3 N–H and O–H groups in total. The van der Waals surface area contributed by atoms with Crippen LogP contribution in [0.5, 0.6) is 0 Å². The lowest BCUT2D eigenvalue weighted by atomic mass is 10.3. The molecule has 7 nitrogen and oxygen atoms in total. The molecule has 0 aliphatic rings. The molecule has 10 heteroatoms. The highest BCUT2D eigenvalue weighted by atomic mass is 32.2. The number of hydrogen-bond acceptors (Lipinski definition) is 5. The van der Waals surface area contributed by atoms with Crippen molar-refractivity contribution in [1.29, 1.82) is 0 Å². The van der Waals surface area contributed by atoms with Crippen LogP contribution in [0.3, 0.4) is 0 Å². The van der Waals surface area contributed by atoms with Gasteiger partial charge in [0.2, 0.25) is 20.0 Å². The van der Waals surface area contributed by atoms with E-state index in [9.17, 15) is 21.2 Å². The van der Waals surface area contributed by atoms with Crippen molar-refractivity contribution < 1.29 is 21.2 Å². The van der Waals surface area contributed by atoms with Crippen molar-refractivity contribution in [2.75, 3.05) is 32.1 Å². The van der Waals surface area contributed by atoms with Gasteiger partial charge in [-0.05, 0) is 18.2 Å². The molecule has 0 saturated carbocycles. The van der Waals surface area contributed by atoms with E-state index in [0.29, 0.717) is 0 Å². The van der Waals surface area contributed by atoms with Crippen molar-refractivity contribution in [3.8, 4) is 0 Å². The molecule has 1 aromatic rings. The molecule has 0 aliphatic heterocycles. The van der Waals surface area contributed by atoms with Gasteiger partial charge in [-0.2, -0.15) is 0 Å². The van der Waals surface area contributed by atoms with Crippen LogP contribution in [0.1, 0.15) is 0 Å². The average Bonchev–Trinajstić information content (AvgIpc) is 2.27. The summed E-state index contributed by atoms with van der Waals surface area (Å²) in [6.07, 6.45) is 0. The minimum Gasteiger partial charge on any atom is -0.399 e. The van der Waals surface area contributed by atoms with Crippen molar-refractivity contribution in [3.05, 3.63) is 24.0 Å². The molecule has 0 heterocycles. The number of nitrogens with zero attached hydrogens (tertiary/aromatic N) is 1. The third-order valence-electron chi connectivity index (χ3n) is 2.45. The Labute approximate surface area is 117 Å². The first-order chi connectivity index (χ1) is 9.06. The number of rotatable bonds is 6. The Morgan fingerprint density at radius 3 is 2.35 bits per heavy atom. The predicted octanol–water partition coefficient (Wildman–Crippen LogP) is -0.422. The summed E-state index contributed by atoms with van der Waals surface area (Å²) in [5.74, 6) is -1.41. The van der Waals surface area contributed by atoms with Crippen LogP contribution in [0.15, 0.2) is 23.1 Å². The topological polar surface area (TPSA) is 110 Å². The first-order valence-corrected chi connectivity index (χ1v) is 8.60. The second kappa shape index (κ2) is 6.04. The Morgan fingerprint density at radius 1 is 1.25 bits per heavy atom.